The van der Waals surface area contributed by atoms with Gasteiger partial charge in [-0.3, -0.25) is 4.79 Å². The van der Waals surface area contributed by atoms with Crippen LogP contribution in [0.3, 0.4) is 0 Å². The van der Waals surface area contributed by atoms with E-state index in [0.717, 1.165) is 43.9 Å². The molecule has 5 nitrogen and oxygen atoms in total. The highest BCUT2D eigenvalue weighted by atomic mass is 16.5. The van der Waals surface area contributed by atoms with Crippen molar-refractivity contribution >= 4 is 11.6 Å². The molecule has 1 aliphatic heterocycles. The normalized spacial score (nSPS) is 15.9. The van der Waals surface area contributed by atoms with Crippen molar-refractivity contribution in [1.29, 1.82) is 5.26 Å². The molecule has 0 bridgehead atoms. The lowest BCUT2D eigenvalue weighted by molar-refractivity contribution is -0.121. The van der Waals surface area contributed by atoms with Crippen LogP contribution in [0.1, 0.15) is 33.1 Å². The van der Waals surface area contributed by atoms with Gasteiger partial charge in [0.1, 0.15) is 5.75 Å². The van der Waals surface area contributed by atoms with Crippen LogP contribution in [0.15, 0.2) is 24.3 Å². The molecule has 0 spiro atoms. The summed E-state index contributed by atoms with van der Waals surface area (Å²) in [5.41, 5.74) is 0.809. The molecule has 0 aromatic heterocycles. The van der Waals surface area contributed by atoms with Gasteiger partial charge >= 0.3 is 0 Å². The van der Waals surface area contributed by atoms with Crippen molar-refractivity contribution < 1.29 is 9.53 Å². The smallest absolute Gasteiger partial charge is 0.227 e. The van der Waals surface area contributed by atoms with Crippen molar-refractivity contribution in [2.45, 2.75) is 33.1 Å². The number of benzene rings is 1. The molecule has 0 unspecified atom stereocenters. The van der Waals surface area contributed by atoms with Gasteiger partial charge in [-0.1, -0.05) is 13.8 Å². The molecule has 1 heterocycles. The van der Waals surface area contributed by atoms with E-state index in [1.807, 2.05) is 24.3 Å². The second-order valence-corrected chi connectivity index (χ2v) is 6.74. The Kier molecular flexibility index (Phi) is 7.07. The van der Waals surface area contributed by atoms with E-state index < -0.39 is 0 Å². The van der Waals surface area contributed by atoms with Crippen LogP contribution in [0.25, 0.3) is 0 Å². The highest BCUT2D eigenvalue weighted by Crippen LogP contribution is 2.21. The molecular weight excluding hydrogens is 302 g/mol. The molecular formula is C19H27N3O2. The number of nitriles is 1. The van der Waals surface area contributed by atoms with E-state index in [1.54, 1.807) is 0 Å². The first-order valence-electron chi connectivity index (χ1n) is 8.71. The van der Waals surface area contributed by atoms with Gasteiger partial charge in [-0.15, -0.1) is 0 Å². The number of likely N-dealkylation sites (tertiary alicyclic amines) is 1. The van der Waals surface area contributed by atoms with Crippen LogP contribution in [0, 0.1) is 23.2 Å². The Morgan fingerprint density at radius 1 is 1.33 bits per heavy atom. The number of rotatable bonds is 7. The van der Waals surface area contributed by atoms with Gasteiger partial charge in [0.2, 0.25) is 5.91 Å². The number of piperidine rings is 1. The molecule has 1 saturated heterocycles. The number of nitrogens with one attached hydrogen (secondary N) is 1. The van der Waals surface area contributed by atoms with Crippen LogP contribution in [0.5, 0.6) is 5.75 Å². The largest absolute Gasteiger partial charge is 0.493 e. The monoisotopic (exact) mass is 329 g/mol. The number of amides is 1. The lowest BCUT2D eigenvalue weighted by Crippen LogP contribution is -2.38. The van der Waals surface area contributed by atoms with Crippen LogP contribution in [0.4, 0.5) is 5.69 Å². The lowest BCUT2D eigenvalue weighted by atomic mass is 9.95. The van der Waals surface area contributed by atoms with Crippen molar-refractivity contribution in [1.82, 2.24) is 4.90 Å². The summed E-state index contributed by atoms with van der Waals surface area (Å²) in [5.74, 6) is 1.46. The molecule has 1 aliphatic rings. The maximum absolute atomic E-state index is 12.4. The summed E-state index contributed by atoms with van der Waals surface area (Å²) in [7, 11) is 0. The standard InChI is InChI=1S/C19H27N3O2/c1-15(2)14-24-18-6-4-17(5-7-18)21-19(23)16-8-12-22(13-9-16)11-3-10-20/h4-7,15-16H,3,8-9,11-14H2,1-2H3,(H,21,23). The van der Waals surface area contributed by atoms with Crippen molar-refractivity contribution in [3.8, 4) is 11.8 Å². The number of hydrogen-bond acceptors (Lipinski definition) is 4. The highest BCUT2D eigenvalue weighted by molar-refractivity contribution is 5.92. The zero-order chi connectivity index (χ0) is 17.4. The molecule has 0 radical (unpaired) electrons. The number of ether oxygens (including phenoxy) is 1. The van der Waals surface area contributed by atoms with E-state index in [9.17, 15) is 4.79 Å². The van der Waals surface area contributed by atoms with Crippen molar-refractivity contribution in [3.05, 3.63) is 24.3 Å². The molecule has 1 N–H and O–H groups in total. The van der Waals surface area contributed by atoms with E-state index in [4.69, 9.17) is 10.00 Å². The molecule has 1 aromatic rings. The van der Waals surface area contributed by atoms with Gasteiger partial charge < -0.3 is 15.0 Å². The molecule has 1 amide bonds. The third-order valence-corrected chi connectivity index (χ3v) is 4.20. The van der Waals surface area contributed by atoms with Gasteiger partial charge in [0.15, 0.2) is 0 Å². The first-order chi connectivity index (χ1) is 11.6. The second kappa shape index (κ2) is 9.29. The summed E-state index contributed by atoms with van der Waals surface area (Å²) in [4.78, 5) is 14.6. The molecule has 0 saturated carbocycles. The molecule has 24 heavy (non-hydrogen) atoms. The maximum atomic E-state index is 12.4. The fraction of sp³-hybridized carbons (Fsp3) is 0.579. The molecule has 1 fully saturated rings. The fourth-order valence-corrected chi connectivity index (χ4v) is 2.77. The Balaban J connectivity index is 1.77. The van der Waals surface area contributed by atoms with Gasteiger partial charge in [-0.05, 0) is 56.1 Å². The summed E-state index contributed by atoms with van der Waals surface area (Å²) >= 11 is 0. The maximum Gasteiger partial charge on any atom is 0.227 e. The number of carbonyl (C=O) groups is 1. The van der Waals surface area contributed by atoms with Crippen molar-refractivity contribution in [2.24, 2.45) is 11.8 Å². The van der Waals surface area contributed by atoms with Crippen LogP contribution in [-0.2, 0) is 4.79 Å². The van der Waals surface area contributed by atoms with Gasteiger partial charge in [0, 0.05) is 24.6 Å². The van der Waals surface area contributed by atoms with Crippen LogP contribution in [0.2, 0.25) is 0 Å². The zero-order valence-electron chi connectivity index (χ0n) is 14.6. The first-order valence-corrected chi connectivity index (χ1v) is 8.71. The Bertz CT molecular complexity index is 555. The SMILES string of the molecule is CC(C)COc1ccc(NC(=O)C2CCN(CCC#N)CC2)cc1. The van der Waals surface area contributed by atoms with Gasteiger partial charge in [-0.25, -0.2) is 0 Å². The molecule has 5 heteroatoms. The van der Waals surface area contributed by atoms with Gasteiger partial charge in [-0.2, -0.15) is 5.26 Å². The quantitative estimate of drug-likeness (QED) is 0.833. The number of hydrogen-bond donors (Lipinski definition) is 1. The fourth-order valence-electron chi connectivity index (χ4n) is 2.77. The van der Waals surface area contributed by atoms with Crippen LogP contribution >= 0.6 is 0 Å². The third-order valence-electron chi connectivity index (χ3n) is 4.20. The van der Waals surface area contributed by atoms with E-state index in [1.165, 1.54) is 0 Å². The summed E-state index contributed by atoms with van der Waals surface area (Å²) in [6.45, 7) is 7.50. The third kappa shape index (κ3) is 5.86. The van der Waals surface area contributed by atoms with Crippen LogP contribution < -0.4 is 10.1 Å². The van der Waals surface area contributed by atoms with Gasteiger partial charge in [0.05, 0.1) is 12.7 Å². The minimum absolute atomic E-state index is 0.0557. The summed E-state index contributed by atoms with van der Waals surface area (Å²) in [6, 6.07) is 9.72. The minimum Gasteiger partial charge on any atom is -0.493 e. The summed E-state index contributed by atoms with van der Waals surface area (Å²) in [6.07, 6.45) is 2.27. The van der Waals surface area contributed by atoms with Crippen molar-refractivity contribution in [2.75, 3.05) is 31.6 Å². The average molecular weight is 329 g/mol. The minimum atomic E-state index is 0.0557. The molecule has 0 atom stereocenters. The van der Waals surface area contributed by atoms with Crippen molar-refractivity contribution in [3.63, 3.8) is 0 Å². The molecule has 2 rings (SSSR count). The Hall–Kier alpha value is -2.06. The summed E-state index contributed by atoms with van der Waals surface area (Å²) in [5, 5.41) is 11.6. The lowest BCUT2D eigenvalue weighted by Gasteiger charge is -2.30. The van der Waals surface area contributed by atoms with E-state index in [0.29, 0.717) is 18.9 Å². The molecule has 0 aliphatic carbocycles. The Morgan fingerprint density at radius 2 is 2.00 bits per heavy atom. The first kappa shape index (κ1) is 18.3. The second-order valence-electron chi connectivity index (χ2n) is 6.74. The predicted octanol–water partition coefficient (Wildman–Crippen LogP) is 3.29. The van der Waals surface area contributed by atoms with E-state index in [2.05, 4.69) is 30.1 Å². The Labute approximate surface area is 144 Å². The number of anilines is 1. The van der Waals surface area contributed by atoms with Crippen LogP contribution in [-0.4, -0.2) is 37.0 Å². The van der Waals surface area contributed by atoms with Gasteiger partial charge in [0.25, 0.3) is 0 Å². The number of nitrogens with zero attached hydrogens (tertiary/aromatic N) is 2. The summed E-state index contributed by atoms with van der Waals surface area (Å²) < 4.78 is 5.65. The topological polar surface area (TPSA) is 65.4 Å². The van der Waals surface area contributed by atoms with E-state index in [-0.39, 0.29) is 11.8 Å². The van der Waals surface area contributed by atoms with E-state index >= 15 is 0 Å². The molecule has 1 aromatic carbocycles. The predicted molar refractivity (Wildman–Crippen MR) is 94.8 cm³/mol. The highest BCUT2D eigenvalue weighted by Gasteiger charge is 2.24. The average Bonchev–Trinajstić information content (AvgIpc) is 2.59. The Morgan fingerprint density at radius 3 is 2.58 bits per heavy atom. The molecule has 130 valence electrons. The zero-order valence-corrected chi connectivity index (χ0v) is 14.6. The number of carbonyl (C=O) groups excluding carboxylic acids is 1.